The average Bonchev–Trinajstić information content (AvgIpc) is 1.60. The number of unbranched alkanes of at least 4 members (excludes halogenated alkanes) is 2. The highest BCUT2D eigenvalue weighted by Gasteiger charge is 2.52. The van der Waals surface area contributed by atoms with E-state index in [0.29, 0.717) is 156 Å². The fourth-order valence-corrected chi connectivity index (χ4v) is 13.8. The fraction of sp³-hybridized carbons (Fsp3) is 0.693. The van der Waals surface area contributed by atoms with Crippen molar-refractivity contribution in [2.75, 3.05) is 146 Å². The molecule has 3 aliphatic heterocycles. The van der Waals surface area contributed by atoms with E-state index < -0.39 is 60.1 Å². The van der Waals surface area contributed by atoms with Crippen LogP contribution in [0.25, 0.3) is 0 Å². The number of imide groups is 1. The van der Waals surface area contributed by atoms with E-state index >= 15 is 0 Å². The first-order valence-corrected chi connectivity index (χ1v) is 36.6. The van der Waals surface area contributed by atoms with E-state index in [1.54, 1.807) is 60.0 Å². The zero-order chi connectivity index (χ0) is 73.8. The topological polar surface area (TPSA) is 307 Å². The third-order valence-electron chi connectivity index (χ3n) is 19.6. The first-order valence-electron chi connectivity index (χ1n) is 36.6. The van der Waals surface area contributed by atoms with Crippen LogP contribution in [-0.4, -0.2) is 262 Å². The molecular weight excluding hydrogens is 1320 g/mol. The number of hydrogen-bond acceptors (Lipinski definition) is 19. The number of rotatable bonds is 52. The lowest BCUT2D eigenvalue weighted by Gasteiger charge is -2.41. The zero-order valence-corrected chi connectivity index (χ0v) is 61.7. The standard InChI is InChI=1S/C75H116N8O19/c1-10-53(4)69(80(6)75(92)68(52(2)3)79-74(91)70-57-24-27-59(49-57)83(70)66(87)30-33-96-36-37-98-40-41-100-44-45-102-47-46-101-43-42-99-39-38-97-35-34-93-7)62(94-8)50-67(88)81-32-17-20-61(81)71(95-9)54(5)72(89)78-60(48-55-18-13-11-14-19-55)73(90)77-58-25-22-56(23-26-58)51-76-63(84)21-15-12-16-31-82-64(85)28-29-65(82)86/h11,13-14,18-19,22-23,25-26,28-29,52-54,57,59-62,68-71H,10,12,15-17,20-21,24,27,30-51H2,1-9H3,(H,76,84)(H,77,90)(H,78,89)(H,79,91)/t53-,54+,57-,59+,60-,61-,62+,68-,69-,70-,71+/m0/s1. The van der Waals surface area contributed by atoms with Gasteiger partial charge in [0.1, 0.15) is 18.1 Å². The number of methoxy groups -OCH3 is 3. The Hall–Kier alpha value is -6.79. The van der Waals surface area contributed by atoms with Crippen molar-refractivity contribution in [1.82, 2.24) is 35.6 Å². The quantitative estimate of drug-likeness (QED) is 0.0498. The fourth-order valence-electron chi connectivity index (χ4n) is 13.8. The number of ether oxygens (including phenoxy) is 10. The predicted molar refractivity (Wildman–Crippen MR) is 380 cm³/mol. The van der Waals surface area contributed by atoms with Crippen LogP contribution in [0.4, 0.5) is 5.69 Å². The number of anilines is 1. The Balaban J connectivity index is 0.948. The third-order valence-corrected chi connectivity index (χ3v) is 19.6. The zero-order valence-electron chi connectivity index (χ0n) is 61.7. The van der Waals surface area contributed by atoms with E-state index in [9.17, 15) is 43.2 Å². The van der Waals surface area contributed by atoms with Crippen molar-refractivity contribution in [3.05, 3.63) is 77.9 Å². The van der Waals surface area contributed by atoms with Crippen molar-refractivity contribution in [2.45, 2.75) is 173 Å². The van der Waals surface area contributed by atoms with E-state index in [1.165, 1.54) is 31.3 Å². The van der Waals surface area contributed by atoms with Gasteiger partial charge in [0, 0.05) is 84.7 Å². The summed E-state index contributed by atoms with van der Waals surface area (Å²) in [5, 5.41) is 12.0. The van der Waals surface area contributed by atoms with Crippen LogP contribution < -0.4 is 21.3 Å². The molecule has 2 saturated heterocycles. The Morgan fingerprint density at radius 3 is 1.77 bits per heavy atom. The van der Waals surface area contributed by atoms with Gasteiger partial charge in [-0.25, -0.2) is 0 Å². The number of carbonyl (C=O) groups excluding carboxylic acids is 9. The number of amides is 9. The predicted octanol–water partition coefficient (Wildman–Crippen LogP) is 5.05. The summed E-state index contributed by atoms with van der Waals surface area (Å²) in [6, 6.07) is 12.5. The number of likely N-dealkylation sites (tertiary alicyclic amines) is 2. The largest absolute Gasteiger partial charge is 0.382 e. The van der Waals surface area contributed by atoms with Crippen molar-refractivity contribution in [1.29, 1.82) is 0 Å². The molecule has 1 aliphatic carbocycles. The second kappa shape index (κ2) is 46.1. The van der Waals surface area contributed by atoms with Crippen LogP contribution >= 0.6 is 0 Å². The SMILES string of the molecule is CC[C@H](C)[C@@H]([C@@H](CC(=O)N1CCC[C@H]1[C@H](OC)[C@@H](C)C(=O)N[C@@H](Cc1ccccc1)C(=O)Nc1ccc(CNC(=O)CCCCCN2C(=O)C=CC2=O)cc1)OC)N(C)C(=O)[C@@H](NC(=O)[C@@H]1[C@H]2CC[C@H](C2)N1C(=O)CCOCCOCCOCCOCCOCCOCCOCCOC)C(C)C. The highest BCUT2D eigenvalue weighted by molar-refractivity contribution is 6.12. The molecule has 0 unspecified atom stereocenters. The summed E-state index contributed by atoms with van der Waals surface area (Å²) in [5.74, 6) is -4.14. The van der Waals surface area contributed by atoms with Crippen molar-refractivity contribution >= 4 is 58.9 Å². The Morgan fingerprint density at radius 1 is 0.627 bits per heavy atom. The van der Waals surface area contributed by atoms with Crippen molar-refractivity contribution in [3.8, 4) is 0 Å². The minimum atomic E-state index is -1.00. The van der Waals surface area contributed by atoms with Crippen LogP contribution in [0.5, 0.6) is 0 Å². The van der Waals surface area contributed by atoms with Gasteiger partial charge in [-0.1, -0.05) is 89.9 Å². The highest BCUT2D eigenvalue weighted by atomic mass is 16.6. The minimum absolute atomic E-state index is 0.0451. The molecule has 2 aromatic carbocycles. The van der Waals surface area contributed by atoms with Gasteiger partial charge in [-0.15, -0.1) is 0 Å². The van der Waals surface area contributed by atoms with Gasteiger partial charge in [-0.2, -0.15) is 0 Å². The van der Waals surface area contributed by atoms with Crippen molar-refractivity contribution in [3.63, 3.8) is 0 Å². The number of piperidine rings is 1. The van der Waals surface area contributed by atoms with Crippen LogP contribution in [0.3, 0.4) is 0 Å². The Morgan fingerprint density at radius 2 is 1.22 bits per heavy atom. The lowest BCUT2D eigenvalue weighted by atomic mass is 9.89. The number of hydrogen-bond donors (Lipinski definition) is 4. The van der Waals surface area contributed by atoms with Crippen molar-refractivity contribution < 1.29 is 90.5 Å². The summed E-state index contributed by atoms with van der Waals surface area (Å²) in [6.07, 6.45) is 7.49. The molecule has 102 heavy (non-hydrogen) atoms. The Labute approximate surface area is 603 Å². The third kappa shape index (κ3) is 27.0. The molecule has 3 heterocycles. The van der Waals surface area contributed by atoms with E-state index in [2.05, 4.69) is 21.3 Å². The summed E-state index contributed by atoms with van der Waals surface area (Å²) in [7, 11) is 6.36. The van der Waals surface area contributed by atoms with E-state index in [0.717, 1.165) is 24.0 Å². The maximum Gasteiger partial charge on any atom is 0.253 e. The van der Waals surface area contributed by atoms with E-state index in [1.807, 2.05) is 58.0 Å². The first-order chi connectivity index (χ1) is 49.3. The van der Waals surface area contributed by atoms with Crippen LogP contribution in [0, 0.1) is 23.7 Å². The highest BCUT2D eigenvalue weighted by Crippen LogP contribution is 2.43. The summed E-state index contributed by atoms with van der Waals surface area (Å²) in [6.45, 7) is 16.8. The summed E-state index contributed by atoms with van der Waals surface area (Å²) < 4.78 is 56.1. The molecule has 570 valence electrons. The van der Waals surface area contributed by atoms with Crippen molar-refractivity contribution in [2.24, 2.45) is 23.7 Å². The number of carbonyl (C=O) groups is 9. The molecule has 27 heteroatoms. The second-order valence-electron chi connectivity index (χ2n) is 27.0. The second-order valence-corrected chi connectivity index (χ2v) is 27.0. The van der Waals surface area contributed by atoms with E-state index in [-0.39, 0.29) is 104 Å². The average molecular weight is 1430 g/mol. The van der Waals surface area contributed by atoms with Crippen LogP contribution in [0.15, 0.2) is 66.7 Å². The van der Waals surface area contributed by atoms with Gasteiger partial charge < -0.3 is 83.3 Å². The molecule has 2 aromatic rings. The lowest BCUT2D eigenvalue weighted by Crippen LogP contribution is -2.60. The van der Waals surface area contributed by atoms with Gasteiger partial charge in [0.25, 0.3) is 11.8 Å². The molecule has 1 saturated carbocycles. The van der Waals surface area contributed by atoms with E-state index in [4.69, 9.17) is 47.4 Å². The van der Waals surface area contributed by atoms with Gasteiger partial charge in [-0.3, -0.25) is 48.1 Å². The smallest absolute Gasteiger partial charge is 0.253 e. The van der Waals surface area contributed by atoms with Gasteiger partial charge in [0.15, 0.2) is 0 Å². The van der Waals surface area contributed by atoms with Gasteiger partial charge >= 0.3 is 0 Å². The molecule has 0 aromatic heterocycles. The molecule has 0 spiro atoms. The maximum absolute atomic E-state index is 14.9. The molecule has 4 N–H and O–H groups in total. The summed E-state index contributed by atoms with van der Waals surface area (Å²) >= 11 is 0. The molecule has 6 rings (SSSR count). The van der Waals surface area contributed by atoms with Crippen LogP contribution in [0.1, 0.15) is 123 Å². The molecule has 4 aliphatic rings. The normalized spacial score (nSPS) is 19.2. The van der Waals surface area contributed by atoms with Gasteiger partial charge in [-0.05, 0) is 86.0 Å². The number of benzene rings is 2. The maximum atomic E-state index is 14.9. The summed E-state index contributed by atoms with van der Waals surface area (Å²) in [4.78, 5) is 129. The Bertz CT molecular complexity index is 2910. The van der Waals surface area contributed by atoms with Crippen LogP contribution in [-0.2, 0) is 103 Å². The molecule has 3 fully saturated rings. The molecule has 11 atom stereocenters. The number of nitrogens with one attached hydrogen (secondary N) is 4. The Kier molecular flexibility index (Phi) is 38.1. The number of fused-ring (bicyclic) bond motifs is 2. The molecule has 27 nitrogen and oxygen atoms in total. The molecule has 2 bridgehead atoms. The summed E-state index contributed by atoms with van der Waals surface area (Å²) in [5.41, 5.74) is 2.11. The van der Waals surface area contributed by atoms with Gasteiger partial charge in [0.2, 0.25) is 41.4 Å². The number of likely N-dealkylation sites (N-methyl/N-ethyl adjacent to an activating group) is 1. The molecular formula is C75H116N8O19. The first kappa shape index (κ1) is 84.2. The molecule has 9 amide bonds. The monoisotopic (exact) mass is 1430 g/mol. The minimum Gasteiger partial charge on any atom is -0.382 e. The van der Waals surface area contributed by atoms with Crippen LogP contribution in [0.2, 0.25) is 0 Å². The number of nitrogens with zero attached hydrogens (tertiary/aromatic N) is 4. The lowest BCUT2D eigenvalue weighted by molar-refractivity contribution is -0.149. The molecule has 0 radical (unpaired) electrons. The van der Waals surface area contributed by atoms with Gasteiger partial charge in [0.05, 0.1) is 142 Å².